The monoisotopic (exact) mass is 240 g/mol. The van der Waals surface area contributed by atoms with Crippen LogP contribution in [0, 0.1) is 5.92 Å². The number of primary amides is 1. The number of hydrogen-bond donors (Lipinski definition) is 2. The molecule has 96 valence electrons. The number of nitrogens with one attached hydrogen (secondary N) is 1. The lowest BCUT2D eigenvalue weighted by molar-refractivity contribution is -0.130. The Balaban J connectivity index is 2.39. The Morgan fingerprint density at radius 1 is 1.59 bits per heavy atom. The van der Waals surface area contributed by atoms with Crippen molar-refractivity contribution in [1.29, 1.82) is 0 Å². The smallest absolute Gasteiger partial charge is 0.239 e. The predicted octanol–water partition coefficient (Wildman–Crippen LogP) is 0.349. The molecule has 0 bridgehead atoms. The second-order valence-electron chi connectivity index (χ2n) is 4.24. The third-order valence-electron chi connectivity index (χ3n) is 2.86. The lowest BCUT2D eigenvalue weighted by Gasteiger charge is -2.17. The Morgan fingerprint density at radius 2 is 2.35 bits per heavy atom. The first-order chi connectivity index (χ1) is 8.15. The minimum atomic E-state index is -0.581. The van der Waals surface area contributed by atoms with E-state index in [-0.39, 0.29) is 11.8 Å². The molecule has 1 rings (SSSR count). The third kappa shape index (κ3) is 4.56. The van der Waals surface area contributed by atoms with Crippen LogP contribution >= 0.6 is 0 Å². The normalized spacial score (nSPS) is 20.8. The second kappa shape index (κ2) is 7.06. The Hall–Kier alpha value is -1.36. The first-order valence-corrected chi connectivity index (χ1v) is 5.93. The summed E-state index contributed by atoms with van der Waals surface area (Å²) in [5.41, 5.74) is 5.26. The van der Waals surface area contributed by atoms with E-state index in [1.807, 2.05) is 0 Å². The number of hydrogen-bond acceptors (Lipinski definition) is 3. The lowest BCUT2D eigenvalue weighted by atomic mass is 10.1. The number of carbonyl (C=O) groups is 2. The number of rotatable bonds is 7. The van der Waals surface area contributed by atoms with Crippen molar-refractivity contribution >= 4 is 11.8 Å². The molecule has 1 saturated heterocycles. The van der Waals surface area contributed by atoms with E-state index in [1.54, 1.807) is 6.08 Å². The maximum absolute atomic E-state index is 11.8. The van der Waals surface area contributed by atoms with Gasteiger partial charge in [0.05, 0.1) is 12.5 Å². The summed E-state index contributed by atoms with van der Waals surface area (Å²) in [5.74, 6) is -0.762. The van der Waals surface area contributed by atoms with Gasteiger partial charge in [-0.2, -0.15) is 0 Å². The van der Waals surface area contributed by atoms with E-state index in [1.165, 1.54) is 0 Å². The van der Waals surface area contributed by atoms with E-state index in [0.717, 1.165) is 12.8 Å². The van der Waals surface area contributed by atoms with Crippen LogP contribution in [0.5, 0.6) is 0 Å². The summed E-state index contributed by atoms with van der Waals surface area (Å²) >= 11 is 0. The van der Waals surface area contributed by atoms with Crippen LogP contribution in [-0.4, -0.2) is 31.1 Å². The topological polar surface area (TPSA) is 81.4 Å². The maximum atomic E-state index is 11.8. The fourth-order valence-electron chi connectivity index (χ4n) is 1.78. The summed E-state index contributed by atoms with van der Waals surface area (Å²) < 4.78 is 5.13. The van der Waals surface area contributed by atoms with E-state index in [4.69, 9.17) is 10.5 Å². The zero-order valence-corrected chi connectivity index (χ0v) is 9.98. The molecule has 0 unspecified atom stereocenters. The van der Waals surface area contributed by atoms with Crippen molar-refractivity contribution in [3.05, 3.63) is 12.7 Å². The van der Waals surface area contributed by atoms with Crippen molar-refractivity contribution in [3.8, 4) is 0 Å². The molecule has 1 aliphatic rings. The zero-order chi connectivity index (χ0) is 12.7. The van der Waals surface area contributed by atoms with Crippen molar-refractivity contribution in [2.75, 3.05) is 13.2 Å². The number of nitrogens with two attached hydrogens (primary N) is 1. The molecular formula is C12H20N2O3. The molecule has 0 aromatic rings. The van der Waals surface area contributed by atoms with E-state index in [2.05, 4.69) is 11.9 Å². The molecule has 17 heavy (non-hydrogen) atoms. The molecule has 0 aromatic heterocycles. The van der Waals surface area contributed by atoms with Gasteiger partial charge in [0, 0.05) is 6.61 Å². The van der Waals surface area contributed by atoms with E-state index in [0.29, 0.717) is 26.1 Å². The first-order valence-electron chi connectivity index (χ1n) is 5.93. The largest absolute Gasteiger partial charge is 0.381 e. The van der Waals surface area contributed by atoms with Gasteiger partial charge in [-0.3, -0.25) is 9.59 Å². The number of unbranched alkanes of at least 4 members (excludes halogenated alkanes) is 1. The lowest BCUT2D eigenvalue weighted by Crippen LogP contribution is -2.46. The van der Waals surface area contributed by atoms with Crippen molar-refractivity contribution < 1.29 is 14.3 Å². The Morgan fingerprint density at radius 3 is 2.88 bits per heavy atom. The van der Waals surface area contributed by atoms with Gasteiger partial charge in [-0.1, -0.05) is 6.08 Å². The number of allylic oxidation sites excluding steroid dienone is 1. The maximum Gasteiger partial charge on any atom is 0.239 e. The summed E-state index contributed by atoms with van der Waals surface area (Å²) in [6.07, 6.45) is 4.65. The molecule has 1 heterocycles. The summed E-state index contributed by atoms with van der Waals surface area (Å²) in [5, 5.41) is 2.69. The van der Waals surface area contributed by atoms with Gasteiger partial charge < -0.3 is 15.8 Å². The summed E-state index contributed by atoms with van der Waals surface area (Å²) in [7, 11) is 0. The SMILES string of the molecule is C=CCCC[C@H](NC(=O)[C@@H]1CCOC1)C(N)=O. The fourth-order valence-corrected chi connectivity index (χ4v) is 1.78. The molecule has 0 radical (unpaired) electrons. The molecule has 5 nitrogen and oxygen atoms in total. The van der Waals surface area contributed by atoms with Gasteiger partial charge in [0.25, 0.3) is 0 Å². The van der Waals surface area contributed by atoms with Crippen molar-refractivity contribution in [2.45, 2.75) is 31.7 Å². The predicted molar refractivity (Wildman–Crippen MR) is 64.1 cm³/mol. The summed E-state index contributed by atoms with van der Waals surface area (Å²) in [4.78, 5) is 23.0. The van der Waals surface area contributed by atoms with Crippen molar-refractivity contribution in [3.63, 3.8) is 0 Å². The van der Waals surface area contributed by atoms with E-state index in [9.17, 15) is 9.59 Å². The molecule has 5 heteroatoms. The molecule has 0 aromatic carbocycles. The van der Waals surface area contributed by atoms with Crippen LogP contribution in [0.25, 0.3) is 0 Å². The number of amides is 2. The Labute approximate surface area is 101 Å². The van der Waals surface area contributed by atoms with Crippen LogP contribution in [0.1, 0.15) is 25.7 Å². The van der Waals surface area contributed by atoms with Gasteiger partial charge in [-0.15, -0.1) is 6.58 Å². The Kier molecular flexibility index (Phi) is 5.69. The van der Waals surface area contributed by atoms with Crippen LogP contribution in [0.4, 0.5) is 0 Å². The fraction of sp³-hybridized carbons (Fsp3) is 0.667. The van der Waals surface area contributed by atoms with Crippen LogP contribution in [0.15, 0.2) is 12.7 Å². The van der Waals surface area contributed by atoms with E-state index >= 15 is 0 Å². The van der Waals surface area contributed by atoms with Crippen LogP contribution in [0.2, 0.25) is 0 Å². The molecule has 2 amide bonds. The quantitative estimate of drug-likeness (QED) is 0.497. The molecule has 1 fully saturated rings. The molecule has 0 aliphatic carbocycles. The zero-order valence-electron chi connectivity index (χ0n) is 9.98. The first kappa shape index (κ1) is 13.7. The third-order valence-corrected chi connectivity index (χ3v) is 2.86. The number of ether oxygens (including phenoxy) is 1. The molecule has 0 saturated carbocycles. The van der Waals surface area contributed by atoms with E-state index < -0.39 is 11.9 Å². The second-order valence-corrected chi connectivity index (χ2v) is 4.24. The van der Waals surface area contributed by atoms with Gasteiger partial charge in [0.2, 0.25) is 11.8 Å². The standard InChI is InChI=1S/C12H20N2O3/c1-2-3-4-5-10(11(13)15)14-12(16)9-6-7-17-8-9/h2,9-10H,1,3-8H2,(H2,13,15)(H,14,16)/t9-,10+/m1/s1. The molecule has 3 N–H and O–H groups in total. The minimum absolute atomic E-state index is 0.134. The van der Waals surface area contributed by atoms with Crippen LogP contribution < -0.4 is 11.1 Å². The molecule has 2 atom stereocenters. The molecule has 1 aliphatic heterocycles. The minimum Gasteiger partial charge on any atom is -0.381 e. The van der Waals surface area contributed by atoms with Gasteiger partial charge in [-0.25, -0.2) is 0 Å². The average molecular weight is 240 g/mol. The van der Waals surface area contributed by atoms with Crippen molar-refractivity contribution in [1.82, 2.24) is 5.32 Å². The highest BCUT2D eigenvalue weighted by Crippen LogP contribution is 2.13. The highest BCUT2D eigenvalue weighted by Gasteiger charge is 2.26. The Bertz CT molecular complexity index is 285. The highest BCUT2D eigenvalue weighted by molar-refractivity contribution is 5.87. The highest BCUT2D eigenvalue weighted by atomic mass is 16.5. The van der Waals surface area contributed by atoms with Gasteiger partial charge in [0.1, 0.15) is 6.04 Å². The van der Waals surface area contributed by atoms with Gasteiger partial charge >= 0.3 is 0 Å². The number of carbonyl (C=O) groups excluding carboxylic acids is 2. The average Bonchev–Trinajstić information content (AvgIpc) is 2.81. The summed E-state index contributed by atoms with van der Waals surface area (Å²) in [6.45, 7) is 4.65. The summed E-state index contributed by atoms with van der Waals surface area (Å²) in [6, 6.07) is -0.581. The van der Waals surface area contributed by atoms with Crippen LogP contribution in [-0.2, 0) is 14.3 Å². The molecule has 0 spiro atoms. The van der Waals surface area contributed by atoms with Crippen molar-refractivity contribution in [2.24, 2.45) is 11.7 Å². The van der Waals surface area contributed by atoms with Crippen LogP contribution in [0.3, 0.4) is 0 Å². The van der Waals surface area contributed by atoms with Gasteiger partial charge in [0.15, 0.2) is 0 Å². The van der Waals surface area contributed by atoms with Gasteiger partial charge in [-0.05, 0) is 25.7 Å². The molecular weight excluding hydrogens is 220 g/mol.